The summed E-state index contributed by atoms with van der Waals surface area (Å²) < 4.78 is 0. The van der Waals surface area contributed by atoms with E-state index < -0.39 is 0 Å². The minimum atomic E-state index is -0.0410. The van der Waals surface area contributed by atoms with Crippen LogP contribution in [0, 0.1) is 5.41 Å². The average Bonchev–Trinajstić information content (AvgIpc) is 2.63. The minimum absolute atomic E-state index is 0.0410. The highest BCUT2D eigenvalue weighted by Crippen LogP contribution is 2.36. The van der Waals surface area contributed by atoms with Gasteiger partial charge in [0.1, 0.15) is 0 Å². The van der Waals surface area contributed by atoms with Gasteiger partial charge in [-0.25, -0.2) is 0 Å². The molecule has 1 amide bonds. The zero-order valence-electron chi connectivity index (χ0n) is 7.52. The molecule has 0 radical (unpaired) electrons. The highest BCUT2D eigenvalue weighted by molar-refractivity contribution is 5.85. The number of nitrogens with one attached hydrogen (secondary N) is 2. The van der Waals surface area contributed by atoms with Gasteiger partial charge in [0.15, 0.2) is 0 Å². The van der Waals surface area contributed by atoms with Gasteiger partial charge in [0.2, 0.25) is 5.91 Å². The van der Waals surface area contributed by atoms with Gasteiger partial charge >= 0.3 is 0 Å². The zero-order chi connectivity index (χ0) is 8.60. The van der Waals surface area contributed by atoms with Crippen LogP contribution in [0.5, 0.6) is 0 Å². The van der Waals surface area contributed by atoms with Crippen molar-refractivity contribution in [1.29, 1.82) is 0 Å². The second-order valence-electron chi connectivity index (χ2n) is 3.99. The molecule has 1 spiro atoms. The van der Waals surface area contributed by atoms with Crippen molar-refractivity contribution in [2.75, 3.05) is 13.1 Å². The highest BCUT2D eigenvalue weighted by atomic mass is 16.2. The minimum Gasteiger partial charge on any atom is -0.353 e. The van der Waals surface area contributed by atoms with E-state index in [0.717, 1.165) is 32.4 Å². The monoisotopic (exact) mass is 168 g/mol. The first-order chi connectivity index (χ1) is 5.77. The van der Waals surface area contributed by atoms with E-state index in [1.54, 1.807) is 0 Å². The first kappa shape index (κ1) is 8.05. The van der Waals surface area contributed by atoms with Crippen LogP contribution in [-0.4, -0.2) is 25.0 Å². The first-order valence-electron chi connectivity index (χ1n) is 4.78. The Morgan fingerprint density at radius 3 is 3.00 bits per heavy atom. The zero-order valence-corrected chi connectivity index (χ0v) is 7.52. The summed E-state index contributed by atoms with van der Waals surface area (Å²) in [6.07, 6.45) is 3.12. The Labute approximate surface area is 72.9 Å². The van der Waals surface area contributed by atoms with E-state index in [2.05, 4.69) is 17.6 Å². The Morgan fingerprint density at radius 1 is 1.67 bits per heavy atom. The second-order valence-corrected chi connectivity index (χ2v) is 3.99. The lowest BCUT2D eigenvalue weighted by atomic mass is 9.84. The molecule has 2 heterocycles. The summed E-state index contributed by atoms with van der Waals surface area (Å²) in [5.74, 6) is 0.277. The summed E-state index contributed by atoms with van der Waals surface area (Å²) >= 11 is 0. The molecule has 0 aliphatic carbocycles. The number of carbonyl (C=O) groups excluding carboxylic acids is 1. The fourth-order valence-corrected chi connectivity index (χ4v) is 2.31. The summed E-state index contributed by atoms with van der Waals surface area (Å²) in [6, 6.07) is 0.428. The van der Waals surface area contributed by atoms with E-state index in [9.17, 15) is 4.79 Å². The third-order valence-corrected chi connectivity index (χ3v) is 3.19. The van der Waals surface area contributed by atoms with Gasteiger partial charge in [0.25, 0.3) is 0 Å². The van der Waals surface area contributed by atoms with Gasteiger partial charge in [-0.2, -0.15) is 0 Å². The molecule has 0 aromatic rings. The third-order valence-electron chi connectivity index (χ3n) is 3.19. The fourth-order valence-electron chi connectivity index (χ4n) is 2.31. The van der Waals surface area contributed by atoms with Crippen molar-refractivity contribution in [1.82, 2.24) is 10.6 Å². The Balaban J connectivity index is 2.11. The molecule has 2 aliphatic rings. The molecule has 2 aliphatic heterocycles. The molecular weight excluding hydrogens is 152 g/mol. The molecule has 0 saturated carbocycles. The molecule has 68 valence electrons. The van der Waals surface area contributed by atoms with Gasteiger partial charge in [0, 0.05) is 12.6 Å². The Kier molecular flexibility index (Phi) is 1.83. The van der Waals surface area contributed by atoms with Gasteiger partial charge < -0.3 is 10.6 Å². The number of amides is 1. The lowest BCUT2D eigenvalue weighted by Gasteiger charge is -2.17. The van der Waals surface area contributed by atoms with Crippen molar-refractivity contribution >= 4 is 5.91 Å². The second kappa shape index (κ2) is 2.73. The molecule has 12 heavy (non-hydrogen) atoms. The number of rotatable bonds is 1. The van der Waals surface area contributed by atoms with Gasteiger partial charge in [0.05, 0.1) is 5.41 Å². The van der Waals surface area contributed by atoms with Gasteiger partial charge in [-0.3, -0.25) is 4.79 Å². The van der Waals surface area contributed by atoms with E-state index >= 15 is 0 Å². The van der Waals surface area contributed by atoms with Crippen LogP contribution >= 0.6 is 0 Å². The molecule has 2 unspecified atom stereocenters. The van der Waals surface area contributed by atoms with Crippen molar-refractivity contribution in [3.8, 4) is 0 Å². The van der Waals surface area contributed by atoms with Crippen LogP contribution in [0.4, 0.5) is 0 Å². The van der Waals surface area contributed by atoms with Crippen LogP contribution < -0.4 is 10.6 Å². The number of hydrogen-bond acceptors (Lipinski definition) is 2. The van der Waals surface area contributed by atoms with E-state index in [1.165, 1.54) is 0 Å². The molecule has 2 fully saturated rings. The maximum absolute atomic E-state index is 11.6. The van der Waals surface area contributed by atoms with E-state index in [4.69, 9.17) is 0 Å². The van der Waals surface area contributed by atoms with E-state index in [0.29, 0.717) is 6.04 Å². The summed E-state index contributed by atoms with van der Waals surface area (Å²) in [5.41, 5.74) is -0.0410. The fraction of sp³-hybridized carbons (Fsp3) is 0.889. The van der Waals surface area contributed by atoms with Crippen LogP contribution in [0.1, 0.15) is 26.2 Å². The average molecular weight is 168 g/mol. The van der Waals surface area contributed by atoms with Crippen LogP contribution in [-0.2, 0) is 4.79 Å². The molecule has 3 nitrogen and oxygen atoms in total. The van der Waals surface area contributed by atoms with Crippen LogP contribution in [0.15, 0.2) is 0 Å². The van der Waals surface area contributed by atoms with Crippen LogP contribution in [0.3, 0.4) is 0 Å². The molecule has 0 aromatic carbocycles. The van der Waals surface area contributed by atoms with Crippen molar-refractivity contribution in [3.63, 3.8) is 0 Å². The largest absolute Gasteiger partial charge is 0.353 e. The lowest BCUT2D eigenvalue weighted by Crippen LogP contribution is -2.33. The van der Waals surface area contributed by atoms with Gasteiger partial charge in [-0.15, -0.1) is 0 Å². The van der Waals surface area contributed by atoms with Crippen LogP contribution in [0.25, 0.3) is 0 Å². The lowest BCUT2D eigenvalue weighted by molar-refractivity contribution is -0.126. The van der Waals surface area contributed by atoms with Crippen molar-refractivity contribution < 1.29 is 4.79 Å². The Hall–Kier alpha value is -0.570. The topological polar surface area (TPSA) is 41.1 Å². The Morgan fingerprint density at radius 2 is 2.50 bits per heavy atom. The highest BCUT2D eigenvalue weighted by Gasteiger charge is 2.47. The molecule has 2 N–H and O–H groups in total. The SMILES string of the molecule is CCC1CC2(CCNC2)C(=O)N1. The molecule has 0 bridgehead atoms. The predicted molar refractivity (Wildman–Crippen MR) is 46.8 cm³/mol. The molecule has 0 aromatic heterocycles. The summed E-state index contributed by atoms with van der Waals surface area (Å²) in [7, 11) is 0. The van der Waals surface area contributed by atoms with Gasteiger partial charge in [-0.05, 0) is 25.8 Å². The van der Waals surface area contributed by atoms with Crippen molar-refractivity contribution in [3.05, 3.63) is 0 Å². The summed E-state index contributed by atoms with van der Waals surface area (Å²) in [6.45, 7) is 4.02. The molecule has 2 saturated heterocycles. The normalized spacial score (nSPS) is 40.8. The number of carbonyl (C=O) groups is 1. The number of hydrogen-bond donors (Lipinski definition) is 2. The molecular formula is C9H16N2O. The van der Waals surface area contributed by atoms with Gasteiger partial charge in [-0.1, -0.05) is 6.92 Å². The predicted octanol–water partition coefficient (Wildman–Crippen LogP) is 0.265. The smallest absolute Gasteiger partial charge is 0.227 e. The van der Waals surface area contributed by atoms with Crippen molar-refractivity contribution in [2.45, 2.75) is 32.2 Å². The van der Waals surface area contributed by atoms with Crippen LogP contribution in [0.2, 0.25) is 0 Å². The molecule has 3 heteroatoms. The summed E-state index contributed by atoms with van der Waals surface area (Å²) in [5, 5.41) is 6.33. The van der Waals surface area contributed by atoms with E-state index in [-0.39, 0.29) is 11.3 Å². The Bertz CT molecular complexity index is 197. The quantitative estimate of drug-likeness (QED) is 0.590. The first-order valence-corrected chi connectivity index (χ1v) is 4.78. The maximum atomic E-state index is 11.6. The van der Waals surface area contributed by atoms with E-state index in [1.807, 2.05) is 0 Å². The van der Waals surface area contributed by atoms with Crippen molar-refractivity contribution in [2.24, 2.45) is 5.41 Å². The molecule has 2 rings (SSSR count). The molecule has 2 atom stereocenters. The maximum Gasteiger partial charge on any atom is 0.227 e. The summed E-state index contributed by atoms with van der Waals surface area (Å²) in [4.78, 5) is 11.6. The third kappa shape index (κ3) is 1.04. The standard InChI is InChI=1S/C9H16N2O/c1-2-7-5-9(8(12)11-7)3-4-10-6-9/h7,10H,2-6H2,1H3,(H,11,12).